The van der Waals surface area contributed by atoms with Crippen LogP contribution in [0.25, 0.3) is 0 Å². The maximum atomic E-state index is 5.40. The van der Waals surface area contributed by atoms with Gasteiger partial charge in [-0.05, 0) is 56.4 Å². The fourth-order valence-electron chi connectivity index (χ4n) is 2.80. The highest BCUT2D eigenvalue weighted by Crippen LogP contribution is 2.35. The molecule has 20 heavy (non-hydrogen) atoms. The van der Waals surface area contributed by atoms with Crippen molar-refractivity contribution in [2.24, 2.45) is 0 Å². The molecule has 0 bridgehead atoms. The maximum Gasteiger partial charge on any atom is 0.141 e. The van der Waals surface area contributed by atoms with Crippen LogP contribution in [-0.2, 0) is 12.8 Å². The van der Waals surface area contributed by atoms with Crippen molar-refractivity contribution in [1.82, 2.24) is 0 Å². The van der Waals surface area contributed by atoms with Crippen molar-refractivity contribution in [1.29, 1.82) is 0 Å². The van der Waals surface area contributed by atoms with Gasteiger partial charge in [-0.25, -0.2) is 0 Å². The summed E-state index contributed by atoms with van der Waals surface area (Å²) in [5.41, 5.74) is 2.64. The number of fused-ring (bicyclic) bond motifs is 1. The summed E-state index contributed by atoms with van der Waals surface area (Å²) in [6.45, 7) is 2.23. The van der Waals surface area contributed by atoms with Crippen LogP contribution in [0.1, 0.15) is 41.1 Å². The number of thiophene rings is 1. The quantitative estimate of drug-likeness (QED) is 0.871. The van der Waals surface area contributed by atoms with E-state index in [0.29, 0.717) is 6.04 Å². The number of hydrogen-bond acceptors (Lipinski definition) is 3. The fourth-order valence-corrected chi connectivity index (χ4v) is 4.06. The highest BCUT2D eigenvalue weighted by Gasteiger charge is 2.17. The topological polar surface area (TPSA) is 21.3 Å². The summed E-state index contributed by atoms with van der Waals surface area (Å²) in [4.78, 5) is 3.03. The van der Waals surface area contributed by atoms with Crippen LogP contribution in [0.4, 0.5) is 5.69 Å². The fraction of sp³-hybridized carbons (Fsp3) is 0.412. The van der Waals surface area contributed by atoms with Crippen molar-refractivity contribution in [2.45, 2.75) is 38.6 Å². The normalized spacial score (nSPS) is 15.5. The van der Waals surface area contributed by atoms with Crippen molar-refractivity contribution < 1.29 is 4.74 Å². The number of benzene rings is 1. The third kappa shape index (κ3) is 2.68. The predicted molar refractivity (Wildman–Crippen MR) is 86.0 cm³/mol. The number of nitrogens with one attached hydrogen (secondary N) is 1. The molecule has 2 aromatic rings. The molecule has 1 unspecified atom stereocenters. The summed E-state index contributed by atoms with van der Waals surface area (Å²) in [5.74, 6) is 0.903. The van der Waals surface area contributed by atoms with E-state index < -0.39 is 0 Å². The highest BCUT2D eigenvalue weighted by atomic mass is 32.1. The summed E-state index contributed by atoms with van der Waals surface area (Å²) in [7, 11) is 1.72. The van der Waals surface area contributed by atoms with Crippen molar-refractivity contribution in [3.05, 3.63) is 45.6 Å². The molecule has 3 rings (SSSR count). The largest absolute Gasteiger partial charge is 0.495 e. The highest BCUT2D eigenvalue weighted by molar-refractivity contribution is 7.12. The first-order valence-electron chi connectivity index (χ1n) is 7.29. The zero-order valence-electron chi connectivity index (χ0n) is 12.1. The van der Waals surface area contributed by atoms with Crippen LogP contribution in [0.2, 0.25) is 0 Å². The van der Waals surface area contributed by atoms with Crippen LogP contribution in [0.5, 0.6) is 5.75 Å². The zero-order chi connectivity index (χ0) is 13.9. The lowest BCUT2D eigenvalue weighted by atomic mass is 9.99. The van der Waals surface area contributed by atoms with Gasteiger partial charge in [0.2, 0.25) is 0 Å². The first-order valence-corrected chi connectivity index (χ1v) is 8.10. The zero-order valence-corrected chi connectivity index (χ0v) is 12.9. The maximum absolute atomic E-state index is 5.40. The van der Waals surface area contributed by atoms with E-state index >= 15 is 0 Å². The summed E-state index contributed by atoms with van der Waals surface area (Å²) < 4.78 is 5.40. The number of hydrogen-bond donors (Lipinski definition) is 1. The number of aryl methyl sites for hydroxylation is 2. The molecule has 1 heterocycles. The molecule has 0 saturated heterocycles. The van der Waals surface area contributed by atoms with Gasteiger partial charge in [0, 0.05) is 9.75 Å². The molecule has 1 aromatic heterocycles. The van der Waals surface area contributed by atoms with E-state index in [2.05, 4.69) is 24.4 Å². The van der Waals surface area contributed by atoms with E-state index in [0.717, 1.165) is 11.4 Å². The number of para-hydroxylation sites is 2. The van der Waals surface area contributed by atoms with Crippen LogP contribution < -0.4 is 10.1 Å². The van der Waals surface area contributed by atoms with Gasteiger partial charge in [0.1, 0.15) is 5.75 Å². The Morgan fingerprint density at radius 1 is 1.20 bits per heavy atom. The van der Waals surface area contributed by atoms with Gasteiger partial charge in [0.05, 0.1) is 18.8 Å². The van der Waals surface area contributed by atoms with Crippen LogP contribution in [0.3, 0.4) is 0 Å². The lowest BCUT2D eigenvalue weighted by Crippen LogP contribution is -2.06. The SMILES string of the molecule is COc1ccccc1NC(C)c1cc2c(s1)CCCC2. The molecule has 1 atom stereocenters. The number of ether oxygens (including phenoxy) is 1. The molecule has 2 nitrogen and oxygen atoms in total. The van der Waals surface area contributed by atoms with Crippen LogP contribution in [-0.4, -0.2) is 7.11 Å². The third-order valence-electron chi connectivity index (χ3n) is 3.92. The average Bonchev–Trinajstić information content (AvgIpc) is 2.92. The Bertz CT molecular complexity index is 567. The third-order valence-corrected chi connectivity index (χ3v) is 5.34. The summed E-state index contributed by atoms with van der Waals surface area (Å²) in [5, 5.41) is 3.57. The van der Waals surface area contributed by atoms with Gasteiger partial charge in [0.25, 0.3) is 0 Å². The van der Waals surface area contributed by atoms with Gasteiger partial charge in [-0.1, -0.05) is 12.1 Å². The number of rotatable bonds is 4. The second-order valence-corrected chi connectivity index (χ2v) is 6.54. The molecule has 3 heteroatoms. The molecule has 0 radical (unpaired) electrons. The Morgan fingerprint density at radius 3 is 2.80 bits per heavy atom. The number of methoxy groups -OCH3 is 1. The van der Waals surface area contributed by atoms with Gasteiger partial charge < -0.3 is 10.1 Å². The lowest BCUT2D eigenvalue weighted by Gasteiger charge is -2.16. The molecule has 106 valence electrons. The lowest BCUT2D eigenvalue weighted by molar-refractivity contribution is 0.416. The van der Waals surface area contributed by atoms with Crippen LogP contribution in [0, 0.1) is 0 Å². The monoisotopic (exact) mass is 287 g/mol. The number of anilines is 1. The summed E-state index contributed by atoms with van der Waals surface area (Å²) in [6, 6.07) is 10.8. The van der Waals surface area contributed by atoms with E-state index in [1.807, 2.05) is 29.5 Å². The molecular weight excluding hydrogens is 266 g/mol. The van der Waals surface area contributed by atoms with Gasteiger partial charge in [-0.2, -0.15) is 0 Å². The second kappa shape index (κ2) is 5.88. The Morgan fingerprint density at radius 2 is 2.00 bits per heavy atom. The Balaban J connectivity index is 1.79. The Hall–Kier alpha value is -1.48. The average molecular weight is 287 g/mol. The molecular formula is C17H21NOS. The van der Waals surface area contributed by atoms with Gasteiger partial charge in [-0.15, -0.1) is 11.3 Å². The predicted octanol–water partition coefficient (Wildman–Crippen LogP) is 4.81. The summed E-state index contributed by atoms with van der Waals surface area (Å²) in [6.07, 6.45) is 5.22. The van der Waals surface area contributed by atoms with Gasteiger partial charge in [0.15, 0.2) is 0 Å². The van der Waals surface area contributed by atoms with Crippen molar-refractivity contribution in [2.75, 3.05) is 12.4 Å². The molecule has 0 fully saturated rings. The van der Waals surface area contributed by atoms with E-state index in [-0.39, 0.29) is 0 Å². The van der Waals surface area contributed by atoms with Crippen molar-refractivity contribution >= 4 is 17.0 Å². The summed E-state index contributed by atoms with van der Waals surface area (Å²) >= 11 is 1.97. The van der Waals surface area contributed by atoms with Crippen molar-refractivity contribution in [3.63, 3.8) is 0 Å². The van der Waals surface area contributed by atoms with E-state index in [1.54, 1.807) is 17.6 Å². The molecule has 1 N–H and O–H groups in total. The molecule has 0 aliphatic heterocycles. The minimum absolute atomic E-state index is 0.321. The minimum Gasteiger partial charge on any atom is -0.495 e. The molecule has 0 spiro atoms. The van der Waals surface area contributed by atoms with Crippen LogP contribution >= 0.6 is 11.3 Å². The molecule has 1 aliphatic rings. The van der Waals surface area contributed by atoms with E-state index in [4.69, 9.17) is 4.74 Å². The van der Waals surface area contributed by atoms with Gasteiger partial charge in [-0.3, -0.25) is 0 Å². The second-order valence-electron chi connectivity index (χ2n) is 5.37. The van der Waals surface area contributed by atoms with E-state index in [1.165, 1.54) is 30.6 Å². The Kier molecular flexibility index (Phi) is 3.97. The molecule has 1 aliphatic carbocycles. The molecule has 1 aromatic carbocycles. The smallest absolute Gasteiger partial charge is 0.141 e. The molecule has 0 saturated carbocycles. The van der Waals surface area contributed by atoms with E-state index in [9.17, 15) is 0 Å². The minimum atomic E-state index is 0.321. The first-order chi connectivity index (χ1) is 9.78. The van der Waals surface area contributed by atoms with Gasteiger partial charge >= 0.3 is 0 Å². The van der Waals surface area contributed by atoms with Crippen LogP contribution in [0.15, 0.2) is 30.3 Å². The Labute approximate surface area is 124 Å². The van der Waals surface area contributed by atoms with Crippen molar-refractivity contribution in [3.8, 4) is 5.75 Å². The standard InChI is InChI=1S/C17H21NOS/c1-12(18-14-8-4-5-9-15(14)19-2)17-11-13-7-3-6-10-16(13)20-17/h4-5,8-9,11-12,18H,3,6-7,10H2,1-2H3. The molecule has 0 amide bonds. The first kappa shape index (κ1) is 13.5.